The topological polar surface area (TPSA) is 26.3 Å². The van der Waals surface area contributed by atoms with Crippen LogP contribution in [0, 0.1) is 5.92 Å². The van der Waals surface area contributed by atoms with Crippen molar-refractivity contribution >= 4 is 17.9 Å². The third-order valence-corrected chi connectivity index (χ3v) is 0.689. The predicted octanol–water partition coefficient (Wildman–Crippen LogP) is 1.71. The summed E-state index contributed by atoms with van der Waals surface area (Å²) in [6.45, 7) is 5.13. The summed E-state index contributed by atoms with van der Waals surface area (Å²) in [6, 6.07) is 0. The van der Waals surface area contributed by atoms with Crippen molar-refractivity contribution in [2.45, 2.75) is 13.8 Å². The molecule has 0 heterocycles. The van der Waals surface area contributed by atoms with E-state index in [1.54, 1.807) is 7.11 Å². The van der Waals surface area contributed by atoms with E-state index in [9.17, 15) is 0 Å². The SMILES string of the molecule is COCC(C)C.O=CCCl. The minimum atomic E-state index is 0.111. The van der Waals surface area contributed by atoms with E-state index in [0.29, 0.717) is 12.2 Å². The van der Waals surface area contributed by atoms with Gasteiger partial charge in [-0.1, -0.05) is 13.8 Å². The standard InChI is InChI=1S/C5H12O.C2H3ClO/c1-5(2)4-6-3;3-1-2-4/h5H,4H2,1-3H3;2H,1H2. The zero-order valence-electron chi connectivity index (χ0n) is 6.76. The molecule has 0 atom stereocenters. The first kappa shape index (κ1) is 12.6. The van der Waals surface area contributed by atoms with Gasteiger partial charge in [0, 0.05) is 13.7 Å². The van der Waals surface area contributed by atoms with E-state index in [0.717, 1.165) is 6.61 Å². The van der Waals surface area contributed by atoms with Crippen molar-refractivity contribution in [3.05, 3.63) is 0 Å². The Hall–Kier alpha value is -0.0800. The van der Waals surface area contributed by atoms with E-state index in [1.165, 1.54) is 0 Å². The molecule has 0 N–H and O–H groups in total. The molecule has 0 saturated carbocycles. The zero-order chi connectivity index (χ0) is 8.41. The third-order valence-electron chi connectivity index (χ3n) is 0.563. The lowest BCUT2D eigenvalue weighted by Gasteiger charge is -1.97. The average Bonchev–Trinajstić information content (AvgIpc) is 1.89. The molecule has 0 aliphatic carbocycles. The molecular weight excluding hydrogens is 152 g/mol. The van der Waals surface area contributed by atoms with Crippen LogP contribution in [0.15, 0.2) is 0 Å². The maximum atomic E-state index is 9.04. The van der Waals surface area contributed by atoms with Gasteiger partial charge in [0.1, 0.15) is 6.29 Å². The van der Waals surface area contributed by atoms with Crippen LogP contribution in [-0.2, 0) is 9.53 Å². The van der Waals surface area contributed by atoms with E-state index in [-0.39, 0.29) is 5.88 Å². The van der Waals surface area contributed by atoms with E-state index in [4.69, 9.17) is 21.1 Å². The molecule has 0 aromatic rings. The van der Waals surface area contributed by atoms with Crippen LogP contribution >= 0.6 is 11.6 Å². The summed E-state index contributed by atoms with van der Waals surface area (Å²) in [5.74, 6) is 0.787. The fourth-order valence-corrected chi connectivity index (χ4v) is 0.333. The lowest BCUT2D eigenvalue weighted by atomic mass is 10.2. The highest BCUT2D eigenvalue weighted by Crippen LogP contribution is 1.88. The Morgan fingerprint density at radius 1 is 1.60 bits per heavy atom. The van der Waals surface area contributed by atoms with E-state index >= 15 is 0 Å². The summed E-state index contributed by atoms with van der Waals surface area (Å²) in [6.07, 6.45) is 0.640. The van der Waals surface area contributed by atoms with Crippen LogP contribution in [0.3, 0.4) is 0 Å². The number of alkyl halides is 1. The monoisotopic (exact) mass is 166 g/mol. The first-order valence-electron chi connectivity index (χ1n) is 3.17. The lowest BCUT2D eigenvalue weighted by molar-refractivity contribution is -0.105. The molecule has 0 aliphatic rings. The molecule has 0 amide bonds. The summed E-state index contributed by atoms with van der Waals surface area (Å²) in [4.78, 5) is 9.04. The van der Waals surface area contributed by atoms with Gasteiger partial charge < -0.3 is 9.53 Å². The predicted molar refractivity (Wildman–Crippen MR) is 43.5 cm³/mol. The van der Waals surface area contributed by atoms with Gasteiger partial charge in [-0.2, -0.15) is 0 Å². The van der Waals surface area contributed by atoms with Crippen molar-refractivity contribution in [1.29, 1.82) is 0 Å². The van der Waals surface area contributed by atoms with Crippen LogP contribution < -0.4 is 0 Å². The smallest absolute Gasteiger partial charge is 0.134 e. The van der Waals surface area contributed by atoms with Crippen molar-refractivity contribution in [3.8, 4) is 0 Å². The Bertz CT molecular complexity index is 64.6. The number of halogens is 1. The number of hydrogen-bond acceptors (Lipinski definition) is 2. The Morgan fingerprint density at radius 2 is 2.00 bits per heavy atom. The second-order valence-corrected chi connectivity index (χ2v) is 2.48. The van der Waals surface area contributed by atoms with Gasteiger partial charge in [-0.05, 0) is 5.92 Å². The maximum Gasteiger partial charge on any atom is 0.134 e. The quantitative estimate of drug-likeness (QED) is 0.472. The number of hydrogen-bond donors (Lipinski definition) is 0. The minimum absolute atomic E-state index is 0.111. The minimum Gasteiger partial charge on any atom is -0.384 e. The molecule has 62 valence electrons. The van der Waals surface area contributed by atoms with Crippen LogP contribution in [0.4, 0.5) is 0 Å². The molecule has 0 fully saturated rings. The van der Waals surface area contributed by atoms with E-state index in [1.807, 2.05) is 0 Å². The van der Waals surface area contributed by atoms with Gasteiger partial charge in [-0.15, -0.1) is 11.6 Å². The van der Waals surface area contributed by atoms with Crippen LogP contribution in [0.1, 0.15) is 13.8 Å². The van der Waals surface area contributed by atoms with Crippen LogP contribution in [0.25, 0.3) is 0 Å². The van der Waals surface area contributed by atoms with Crippen molar-refractivity contribution < 1.29 is 9.53 Å². The number of rotatable bonds is 3. The molecule has 0 aromatic carbocycles. The third kappa shape index (κ3) is 24.7. The second kappa shape index (κ2) is 11.7. The molecule has 0 spiro atoms. The van der Waals surface area contributed by atoms with Crippen LogP contribution in [0.5, 0.6) is 0 Å². The summed E-state index contributed by atoms with van der Waals surface area (Å²) in [7, 11) is 1.72. The van der Waals surface area contributed by atoms with Gasteiger partial charge in [0.05, 0.1) is 5.88 Å². The molecule has 10 heavy (non-hydrogen) atoms. The molecule has 2 nitrogen and oxygen atoms in total. The van der Waals surface area contributed by atoms with Crippen molar-refractivity contribution in [1.82, 2.24) is 0 Å². The van der Waals surface area contributed by atoms with Gasteiger partial charge in [0.25, 0.3) is 0 Å². The fourth-order valence-electron chi connectivity index (χ4n) is 0.333. The van der Waals surface area contributed by atoms with Gasteiger partial charge >= 0.3 is 0 Å². The largest absolute Gasteiger partial charge is 0.384 e. The molecule has 0 unspecified atom stereocenters. The first-order valence-corrected chi connectivity index (χ1v) is 3.71. The van der Waals surface area contributed by atoms with E-state index < -0.39 is 0 Å². The number of carbonyl (C=O) groups is 1. The van der Waals surface area contributed by atoms with Crippen molar-refractivity contribution in [2.24, 2.45) is 5.92 Å². The van der Waals surface area contributed by atoms with Crippen molar-refractivity contribution in [3.63, 3.8) is 0 Å². The summed E-state index contributed by atoms with van der Waals surface area (Å²) in [5, 5.41) is 0. The van der Waals surface area contributed by atoms with Gasteiger partial charge in [-0.3, -0.25) is 0 Å². The summed E-state index contributed by atoms with van der Waals surface area (Å²) >= 11 is 4.82. The van der Waals surface area contributed by atoms with Gasteiger partial charge in [0.2, 0.25) is 0 Å². The average molecular weight is 167 g/mol. The molecule has 0 bridgehead atoms. The Morgan fingerprint density at radius 3 is 2.00 bits per heavy atom. The zero-order valence-corrected chi connectivity index (χ0v) is 7.52. The van der Waals surface area contributed by atoms with Crippen LogP contribution in [0.2, 0.25) is 0 Å². The Labute approximate surface area is 67.5 Å². The van der Waals surface area contributed by atoms with Gasteiger partial charge in [-0.25, -0.2) is 0 Å². The van der Waals surface area contributed by atoms with E-state index in [2.05, 4.69) is 13.8 Å². The summed E-state index contributed by atoms with van der Waals surface area (Å²) < 4.78 is 4.80. The fraction of sp³-hybridized carbons (Fsp3) is 0.857. The number of aldehydes is 1. The molecule has 0 saturated heterocycles. The molecule has 0 aliphatic heterocycles. The molecular formula is C7H15ClO2. The number of carbonyl (C=O) groups excluding carboxylic acids is 1. The molecule has 3 heteroatoms. The highest BCUT2D eigenvalue weighted by Gasteiger charge is 1.85. The highest BCUT2D eigenvalue weighted by molar-refractivity contribution is 6.24. The lowest BCUT2D eigenvalue weighted by Crippen LogP contribution is -1.96. The Kier molecular flexibility index (Phi) is 14.7. The first-order chi connectivity index (χ1) is 4.68. The highest BCUT2D eigenvalue weighted by atomic mass is 35.5. The second-order valence-electron chi connectivity index (χ2n) is 2.17. The normalized spacial score (nSPS) is 8.50. The molecule has 0 aromatic heterocycles. The number of methoxy groups -OCH3 is 1. The Balaban J connectivity index is 0. The van der Waals surface area contributed by atoms with Crippen molar-refractivity contribution in [2.75, 3.05) is 19.6 Å². The van der Waals surface area contributed by atoms with Gasteiger partial charge in [0.15, 0.2) is 0 Å². The summed E-state index contributed by atoms with van der Waals surface area (Å²) in [5.41, 5.74) is 0. The number of ether oxygens (including phenoxy) is 1. The maximum absolute atomic E-state index is 9.04. The van der Waals surface area contributed by atoms with Crippen LogP contribution in [-0.4, -0.2) is 25.9 Å². The molecule has 0 rings (SSSR count). The molecule has 0 radical (unpaired) electrons.